The van der Waals surface area contributed by atoms with Gasteiger partial charge >= 0.3 is 0 Å². The Morgan fingerprint density at radius 2 is 1.78 bits per heavy atom. The zero-order valence-electron chi connectivity index (χ0n) is 28.4. The lowest BCUT2D eigenvalue weighted by molar-refractivity contribution is 0.0956. The molecule has 5 aromatic rings. The highest BCUT2D eigenvalue weighted by Crippen LogP contribution is 2.23. The molecule has 4 N–H and O–H groups in total. The maximum Gasteiger partial charge on any atom is 0.280 e. The average Bonchev–Trinajstić information content (AvgIpc) is 3.34. The van der Waals surface area contributed by atoms with Crippen molar-refractivity contribution >= 4 is 34.3 Å². The molecule has 13 nitrogen and oxygen atoms in total. The van der Waals surface area contributed by atoms with Gasteiger partial charge in [-0.3, -0.25) is 23.6 Å². The molecule has 0 spiro atoms. The molecule has 1 fully saturated rings. The summed E-state index contributed by atoms with van der Waals surface area (Å²) in [5, 5.41) is 6.45. The number of aryl methyl sites for hydroxylation is 1. The Morgan fingerprint density at radius 1 is 1.04 bits per heavy atom. The Bertz CT molecular complexity index is 2300. The van der Waals surface area contributed by atoms with Gasteiger partial charge in [-0.15, -0.1) is 0 Å². The SMILES string of the molecule is Cc1c(C#CCNC(=O)c2c(C)n(C)n(Cc3ccc(F)c(F)c3)c2=O)c(=O)n(CCN)c2nc(Nc3ccc(N4CCOCC4)cc3)ncc12. The minimum Gasteiger partial charge on any atom is -0.378 e. The van der Waals surface area contributed by atoms with E-state index >= 15 is 0 Å². The molecule has 0 unspecified atom stereocenters. The Morgan fingerprint density at radius 3 is 2.49 bits per heavy atom. The molecule has 1 amide bonds. The third kappa shape index (κ3) is 7.23. The normalized spacial score (nSPS) is 12.9. The first-order valence-electron chi connectivity index (χ1n) is 16.3. The van der Waals surface area contributed by atoms with Gasteiger partial charge in [-0.1, -0.05) is 17.9 Å². The third-order valence-electron chi connectivity index (χ3n) is 8.87. The number of fused-ring (bicyclic) bond motifs is 1. The second kappa shape index (κ2) is 15.0. The van der Waals surface area contributed by atoms with E-state index in [4.69, 9.17) is 10.5 Å². The summed E-state index contributed by atoms with van der Waals surface area (Å²) >= 11 is 0. The van der Waals surface area contributed by atoms with Gasteiger partial charge in [-0.2, -0.15) is 4.98 Å². The zero-order valence-corrected chi connectivity index (χ0v) is 28.4. The summed E-state index contributed by atoms with van der Waals surface area (Å²) in [6.07, 6.45) is 1.63. The fourth-order valence-electron chi connectivity index (χ4n) is 5.98. The van der Waals surface area contributed by atoms with Crippen LogP contribution in [0.2, 0.25) is 0 Å². The van der Waals surface area contributed by atoms with Crippen LogP contribution >= 0.6 is 0 Å². The summed E-state index contributed by atoms with van der Waals surface area (Å²) in [5.41, 5.74) is 8.58. The molecule has 1 aliphatic rings. The Hall–Kier alpha value is -5.85. The fraction of sp³-hybridized carbons (Fsp3) is 0.306. The van der Waals surface area contributed by atoms with Crippen molar-refractivity contribution in [3.63, 3.8) is 0 Å². The van der Waals surface area contributed by atoms with Crippen molar-refractivity contribution in [2.75, 3.05) is 49.6 Å². The molecule has 0 saturated carbocycles. The van der Waals surface area contributed by atoms with E-state index in [0.29, 0.717) is 47.0 Å². The molecule has 0 atom stereocenters. The topological polar surface area (TPSA) is 154 Å². The molecular weight excluding hydrogens is 660 g/mol. The number of hydrogen-bond donors (Lipinski definition) is 3. The van der Waals surface area contributed by atoms with Crippen molar-refractivity contribution in [2.24, 2.45) is 12.8 Å². The summed E-state index contributed by atoms with van der Waals surface area (Å²) in [7, 11) is 1.59. The molecule has 51 heavy (non-hydrogen) atoms. The molecule has 1 saturated heterocycles. The molecule has 15 heteroatoms. The third-order valence-corrected chi connectivity index (χ3v) is 8.87. The number of benzene rings is 2. The van der Waals surface area contributed by atoms with E-state index in [1.54, 1.807) is 27.1 Å². The van der Waals surface area contributed by atoms with Crippen molar-refractivity contribution in [2.45, 2.75) is 26.9 Å². The second-order valence-corrected chi connectivity index (χ2v) is 12.0. The van der Waals surface area contributed by atoms with Crippen LogP contribution in [0.1, 0.15) is 32.7 Å². The van der Waals surface area contributed by atoms with Crippen LogP contribution < -0.4 is 32.4 Å². The summed E-state index contributed by atoms with van der Waals surface area (Å²) < 4.78 is 36.8. The van der Waals surface area contributed by atoms with Crippen LogP contribution in [0.15, 0.2) is 58.3 Å². The lowest BCUT2D eigenvalue weighted by atomic mass is 10.1. The van der Waals surface area contributed by atoms with Crippen LogP contribution in [0, 0.1) is 37.3 Å². The number of hydrogen-bond acceptors (Lipinski definition) is 9. The maximum absolute atomic E-state index is 13.7. The first-order chi connectivity index (χ1) is 24.6. The molecule has 0 radical (unpaired) electrons. The average molecular weight is 698 g/mol. The monoisotopic (exact) mass is 697 g/mol. The summed E-state index contributed by atoms with van der Waals surface area (Å²) in [6.45, 7) is 6.57. The van der Waals surface area contributed by atoms with Crippen LogP contribution in [-0.2, 0) is 24.9 Å². The molecule has 0 bridgehead atoms. The van der Waals surface area contributed by atoms with Gasteiger partial charge in [0.1, 0.15) is 11.2 Å². The highest BCUT2D eigenvalue weighted by molar-refractivity contribution is 5.95. The molecule has 264 valence electrons. The van der Waals surface area contributed by atoms with Gasteiger partial charge < -0.3 is 26.0 Å². The van der Waals surface area contributed by atoms with Gasteiger partial charge in [0.15, 0.2) is 11.6 Å². The van der Waals surface area contributed by atoms with E-state index in [9.17, 15) is 23.2 Å². The summed E-state index contributed by atoms with van der Waals surface area (Å²) in [6, 6.07) is 11.3. The number of nitrogens with one attached hydrogen (secondary N) is 2. The van der Waals surface area contributed by atoms with E-state index in [-0.39, 0.29) is 42.9 Å². The number of morpholine rings is 1. The molecule has 3 aromatic heterocycles. The van der Waals surface area contributed by atoms with Crippen LogP contribution in [0.25, 0.3) is 11.0 Å². The largest absolute Gasteiger partial charge is 0.378 e. The van der Waals surface area contributed by atoms with E-state index in [1.807, 2.05) is 24.3 Å². The number of aromatic nitrogens is 5. The molecule has 2 aromatic carbocycles. The van der Waals surface area contributed by atoms with Gasteiger partial charge in [-0.05, 0) is 61.4 Å². The predicted molar refractivity (Wildman–Crippen MR) is 189 cm³/mol. The van der Waals surface area contributed by atoms with Crippen molar-refractivity contribution in [1.29, 1.82) is 0 Å². The Kier molecular flexibility index (Phi) is 10.3. The first kappa shape index (κ1) is 35.0. The first-order valence-corrected chi connectivity index (χ1v) is 16.3. The minimum absolute atomic E-state index is 0.0689. The van der Waals surface area contributed by atoms with Gasteiger partial charge in [0.05, 0.1) is 31.9 Å². The number of amides is 1. The fourth-order valence-corrected chi connectivity index (χ4v) is 5.98. The Balaban J connectivity index is 1.19. The quantitative estimate of drug-likeness (QED) is 0.197. The molecule has 6 rings (SSSR count). The standard InChI is InChI=1S/C36H37F2N9O4/c1-22-27(5-4-13-40-33(48)31-23(2)44(3)47(35(31)50)21-24-6-11-29(37)30(38)19-24)34(49)46(14-12-39)32-28(22)20-41-36(43-32)42-25-7-9-26(10-8-25)45-15-17-51-18-16-45/h6-11,19-20H,12-18,21,39H2,1-3H3,(H,40,48)(H,41,42,43). The van der Waals surface area contributed by atoms with Crippen LogP contribution in [0.5, 0.6) is 0 Å². The van der Waals surface area contributed by atoms with Gasteiger partial charge in [0.25, 0.3) is 17.0 Å². The number of ether oxygens (including phenoxy) is 1. The number of anilines is 3. The van der Waals surface area contributed by atoms with E-state index in [0.717, 1.165) is 36.6 Å². The van der Waals surface area contributed by atoms with Gasteiger partial charge in [-0.25, -0.2) is 18.4 Å². The number of nitrogens with zero attached hydrogens (tertiary/aromatic N) is 6. The zero-order chi connectivity index (χ0) is 36.2. The summed E-state index contributed by atoms with van der Waals surface area (Å²) in [4.78, 5) is 51.3. The number of carbonyl (C=O) groups is 1. The number of carbonyl (C=O) groups excluding carboxylic acids is 1. The molecular formula is C36H37F2N9O4. The summed E-state index contributed by atoms with van der Waals surface area (Å²) in [5.74, 6) is 3.32. The maximum atomic E-state index is 13.7. The highest BCUT2D eigenvalue weighted by Gasteiger charge is 2.22. The van der Waals surface area contributed by atoms with Gasteiger partial charge in [0, 0.05) is 61.9 Å². The van der Waals surface area contributed by atoms with Crippen LogP contribution in [0.4, 0.5) is 26.1 Å². The van der Waals surface area contributed by atoms with Crippen molar-refractivity contribution in [3.8, 4) is 11.8 Å². The lowest BCUT2D eigenvalue weighted by Crippen LogP contribution is -2.36. The van der Waals surface area contributed by atoms with E-state index < -0.39 is 23.1 Å². The smallest absolute Gasteiger partial charge is 0.280 e. The lowest BCUT2D eigenvalue weighted by Gasteiger charge is -2.28. The minimum atomic E-state index is -1.03. The van der Waals surface area contributed by atoms with Crippen molar-refractivity contribution < 1.29 is 18.3 Å². The molecule has 4 heterocycles. The predicted octanol–water partition coefficient (Wildman–Crippen LogP) is 2.56. The van der Waals surface area contributed by atoms with Crippen molar-refractivity contribution in [1.82, 2.24) is 29.2 Å². The second-order valence-electron chi connectivity index (χ2n) is 12.0. The number of nitrogens with two attached hydrogens (primary N) is 1. The molecule has 1 aliphatic heterocycles. The highest BCUT2D eigenvalue weighted by atomic mass is 19.2. The number of pyridine rings is 1. The van der Waals surface area contributed by atoms with Crippen molar-refractivity contribution in [3.05, 3.63) is 109 Å². The van der Waals surface area contributed by atoms with E-state index in [2.05, 4.69) is 37.3 Å². The van der Waals surface area contributed by atoms with Crippen LogP contribution in [-0.4, -0.2) is 69.2 Å². The molecule has 0 aliphatic carbocycles. The van der Waals surface area contributed by atoms with Gasteiger partial charge in [0.2, 0.25) is 5.95 Å². The number of rotatable bonds is 9. The van der Waals surface area contributed by atoms with E-state index in [1.165, 1.54) is 20.0 Å². The Labute approximate surface area is 291 Å². The van der Waals surface area contributed by atoms with Crippen LogP contribution in [0.3, 0.4) is 0 Å². The number of halogens is 2.